The molecule has 0 saturated carbocycles. The second kappa shape index (κ2) is 11.9. The smallest absolute Gasteiger partial charge is 0.337 e. The van der Waals surface area contributed by atoms with Crippen LogP contribution in [0.3, 0.4) is 0 Å². The molecule has 1 atom stereocenters. The monoisotopic (exact) mass is 355 g/mol. The number of nitrogens with zero attached hydrogens (tertiary/aromatic N) is 1. The zero-order valence-corrected chi connectivity index (χ0v) is 16.0. The molecule has 0 fully saturated rings. The van der Waals surface area contributed by atoms with E-state index in [1.165, 1.54) is 0 Å². The van der Waals surface area contributed by atoms with Gasteiger partial charge in [0.1, 0.15) is 6.61 Å². The lowest BCUT2D eigenvalue weighted by Gasteiger charge is -2.02. The maximum atomic E-state index is 11.5. The van der Waals surface area contributed by atoms with Crippen LogP contribution < -0.4 is 0 Å². The van der Waals surface area contributed by atoms with Gasteiger partial charge in [-0.25, -0.2) is 9.79 Å². The van der Waals surface area contributed by atoms with Crippen LogP contribution in [0.15, 0.2) is 65.7 Å². The normalized spacial score (nSPS) is 15.5. The molecule has 26 heavy (non-hydrogen) atoms. The summed E-state index contributed by atoms with van der Waals surface area (Å²) in [6, 6.07) is 10.1. The number of benzene rings is 1. The maximum Gasteiger partial charge on any atom is 0.337 e. The van der Waals surface area contributed by atoms with Crippen molar-refractivity contribution in [2.24, 2.45) is 4.99 Å². The van der Waals surface area contributed by atoms with Gasteiger partial charge in [-0.15, -0.1) is 0 Å². The molecule has 1 heterocycles. The number of hydrogen-bond donors (Lipinski definition) is 0. The van der Waals surface area contributed by atoms with Crippen molar-refractivity contribution < 1.29 is 14.3 Å². The molecule has 2 rings (SSSR count). The highest BCUT2D eigenvalue weighted by Crippen LogP contribution is 2.08. The van der Waals surface area contributed by atoms with E-state index in [9.17, 15) is 4.79 Å². The van der Waals surface area contributed by atoms with Crippen LogP contribution in [0.2, 0.25) is 0 Å². The number of rotatable bonds is 7. The van der Waals surface area contributed by atoms with Crippen molar-refractivity contribution in [1.29, 1.82) is 0 Å². The highest BCUT2D eigenvalue weighted by Gasteiger charge is 2.13. The predicted molar refractivity (Wildman–Crippen MR) is 108 cm³/mol. The summed E-state index contributed by atoms with van der Waals surface area (Å²) in [7, 11) is 0. The number of hydrogen-bond acceptors (Lipinski definition) is 4. The summed E-state index contributed by atoms with van der Waals surface area (Å²) in [4.78, 5) is 15.6. The van der Waals surface area contributed by atoms with Crippen molar-refractivity contribution in [1.82, 2.24) is 0 Å². The van der Waals surface area contributed by atoms with E-state index in [0.717, 1.165) is 29.9 Å². The van der Waals surface area contributed by atoms with Crippen LogP contribution in [0, 0.1) is 0 Å². The second-order valence-electron chi connectivity index (χ2n) is 6.13. The minimum absolute atomic E-state index is 0.316. The van der Waals surface area contributed by atoms with Crippen LogP contribution in [0.1, 0.15) is 39.2 Å². The Bertz CT molecular complexity index is 659. The summed E-state index contributed by atoms with van der Waals surface area (Å²) in [6.07, 6.45) is 5.44. The fourth-order valence-corrected chi connectivity index (χ4v) is 1.94. The molecule has 1 aromatic rings. The van der Waals surface area contributed by atoms with Crippen molar-refractivity contribution in [2.75, 3.05) is 13.2 Å². The Morgan fingerprint density at radius 2 is 2.04 bits per heavy atom. The van der Waals surface area contributed by atoms with E-state index in [1.54, 1.807) is 6.08 Å². The minimum atomic E-state index is -0.342. The van der Waals surface area contributed by atoms with Gasteiger partial charge < -0.3 is 9.47 Å². The Kier molecular flexibility index (Phi) is 9.77. The molecule has 0 bridgehead atoms. The quantitative estimate of drug-likeness (QED) is 0.300. The first-order valence-corrected chi connectivity index (χ1v) is 8.89. The molecule has 0 amide bonds. The molecule has 1 aliphatic rings. The Balaban J connectivity index is 0.000000314. The number of aliphatic imine (C=N–C) groups is 1. The van der Waals surface area contributed by atoms with Crippen LogP contribution in [0.4, 0.5) is 0 Å². The molecule has 4 heteroatoms. The fraction of sp³-hybridized carbons (Fsp3) is 0.364. The zero-order chi connectivity index (χ0) is 19.4. The molecule has 0 spiro atoms. The molecule has 140 valence electrons. The van der Waals surface area contributed by atoms with Crippen LogP contribution in [-0.2, 0) is 14.3 Å². The lowest BCUT2D eigenvalue weighted by Crippen LogP contribution is -2.06. The van der Waals surface area contributed by atoms with Gasteiger partial charge in [-0.2, -0.15) is 0 Å². The molecule has 0 saturated heterocycles. The van der Waals surface area contributed by atoms with Gasteiger partial charge in [0.25, 0.3) is 0 Å². The maximum absolute atomic E-state index is 11.5. The first-order chi connectivity index (χ1) is 12.4. The minimum Gasteiger partial charge on any atom is -0.475 e. The third-order valence-corrected chi connectivity index (χ3v) is 3.43. The van der Waals surface area contributed by atoms with E-state index in [0.29, 0.717) is 24.8 Å². The van der Waals surface area contributed by atoms with Crippen LogP contribution in [-0.4, -0.2) is 31.1 Å². The number of carbonyl (C=O) groups excluding carboxylic acids is 1. The van der Waals surface area contributed by atoms with Gasteiger partial charge >= 0.3 is 5.97 Å². The molecule has 1 aromatic carbocycles. The van der Waals surface area contributed by atoms with Crippen LogP contribution >= 0.6 is 0 Å². The van der Waals surface area contributed by atoms with Crippen LogP contribution in [0.25, 0.3) is 6.08 Å². The molecule has 4 nitrogen and oxygen atoms in total. The summed E-state index contributed by atoms with van der Waals surface area (Å²) in [6.45, 7) is 14.6. The topological polar surface area (TPSA) is 47.9 Å². The van der Waals surface area contributed by atoms with Gasteiger partial charge in [0, 0.05) is 5.57 Å². The molecule has 1 unspecified atom stereocenters. The summed E-state index contributed by atoms with van der Waals surface area (Å²) in [5.74, 6) is 0.383. The van der Waals surface area contributed by atoms with E-state index in [2.05, 4.69) is 25.1 Å². The average molecular weight is 355 g/mol. The molecule has 0 aromatic heterocycles. The van der Waals surface area contributed by atoms with E-state index in [1.807, 2.05) is 50.3 Å². The lowest BCUT2D eigenvalue weighted by atomic mass is 10.2. The summed E-state index contributed by atoms with van der Waals surface area (Å²) in [5.41, 5.74) is 2.33. The average Bonchev–Trinajstić information content (AvgIpc) is 3.08. The third-order valence-electron chi connectivity index (χ3n) is 3.43. The SMILES string of the molecule is C=C(C)C1=NC(C)CO1.C=C(C=Cc1ccccc1)C(=O)OCCCC. The summed E-state index contributed by atoms with van der Waals surface area (Å²) < 4.78 is 10.2. The Morgan fingerprint density at radius 1 is 1.35 bits per heavy atom. The highest BCUT2D eigenvalue weighted by atomic mass is 16.5. The second-order valence-corrected chi connectivity index (χ2v) is 6.13. The molecule has 1 aliphatic heterocycles. The van der Waals surface area contributed by atoms with Crippen LogP contribution in [0.5, 0.6) is 0 Å². The Morgan fingerprint density at radius 3 is 2.54 bits per heavy atom. The fourth-order valence-electron chi connectivity index (χ4n) is 1.94. The molecular formula is C22H29NO3. The third kappa shape index (κ3) is 8.47. The van der Waals surface area contributed by atoms with Crippen molar-refractivity contribution in [3.63, 3.8) is 0 Å². The molecule has 0 aliphatic carbocycles. The van der Waals surface area contributed by atoms with Crippen molar-refractivity contribution >= 4 is 17.9 Å². The van der Waals surface area contributed by atoms with E-state index >= 15 is 0 Å². The van der Waals surface area contributed by atoms with E-state index in [4.69, 9.17) is 9.47 Å². The zero-order valence-electron chi connectivity index (χ0n) is 16.0. The van der Waals surface area contributed by atoms with Gasteiger partial charge in [0.05, 0.1) is 18.2 Å². The van der Waals surface area contributed by atoms with E-state index in [-0.39, 0.29) is 5.97 Å². The van der Waals surface area contributed by atoms with Gasteiger partial charge in [-0.3, -0.25) is 0 Å². The van der Waals surface area contributed by atoms with Gasteiger partial charge in [-0.05, 0) is 31.9 Å². The van der Waals surface area contributed by atoms with Gasteiger partial charge in [0.15, 0.2) is 0 Å². The highest BCUT2D eigenvalue weighted by molar-refractivity contribution is 5.93. The van der Waals surface area contributed by atoms with Gasteiger partial charge in [-0.1, -0.05) is 62.9 Å². The Labute approximate surface area is 156 Å². The predicted octanol–water partition coefficient (Wildman–Crippen LogP) is 4.98. The van der Waals surface area contributed by atoms with Gasteiger partial charge in [0.2, 0.25) is 5.90 Å². The van der Waals surface area contributed by atoms with Crippen molar-refractivity contribution in [3.05, 3.63) is 66.3 Å². The first-order valence-electron chi connectivity index (χ1n) is 8.89. The van der Waals surface area contributed by atoms with Crippen molar-refractivity contribution in [2.45, 2.75) is 39.7 Å². The molecular weight excluding hydrogens is 326 g/mol. The largest absolute Gasteiger partial charge is 0.475 e. The lowest BCUT2D eigenvalue weighted by molar-refractivity contribution is -0.138. The standard InChI is InChI=1S/C15H18O2.C7H11NO/c1-3-4-12-17-15(16)13(2)10-11-14-8-6-5-7-9-14;1-5(2)7-8-6(3)4-9-7/h5-11H,2-4,12H2,1H3;6H,1,4H2,2-3H3. The van der Waals surface area contributed by atoms with Crippen molar-refractivity contribution in [3.8, 4) is 0 Å². The number of unbranched alkanes of at least 4 members (excludes halogenated alkanes) is 1. The molecule has 0 radical (unpaired) electrons. The summed E-state index contributed by atoms with van der Waals surface area (Å²) >= 11 is 0. The summed E-state index contributed by atoms with van der Waals surface area (Å²) in [5, 5.41) is 0. The number of carbonyl (C=O) groups is 1. The molecule has 0 N–H and O–H groups in total. The number of ether oxygens (including phenoxy) is 2. The Hall–Kier alpha value is -2.62. The first kappa shape index (κ1) is 21.4. The van der Waals surface area contributed by atoms with E-state index < -0.39 is 0 Å². The number of esters is 1.